The molecular weight excluding hydrogens is 351 g/mol. The minimum atomic E-state index is -4.13. The SMILES string of the molecule is CC(=O)C[C@@H]1C(=O)NC=CN1S(=O)(=O)c1cccc(Cl)c1Cl. The van der Waals surface area contributed by atoms with Crippen LogP contribution in [0.4, 0.5) is 0 Å². The van der Waals surface area contributed by atoms with Crippen molar-refractivity contribution in [3.8, 4) is 0 Å². The molecule has 0 aromatic heterocycles. The van der Waals surface area contributed by atoms with Gasteiger partial charge in [0.15, 0.2) is 0 Å². The highest BCUT2D eigenvalue weighted by molar-refractivity contribution is 7.89. The van der Waals surface area contributed by atoms with E-state index < -0.39 is 22.0 Å². The summed E-state index contributed by atoms with van der Waals surface area (Å²) in [7, 11) is -4.13. The van der Waals surface area contributed by atoms with Gasteiger partial charge in [0, 0.05) is 18.8 Å². The molecule has 2 rings (SSSR count). The lowest BCUT2D eigenvalue weighted by Gasteiger charge is -2.31. The number of nitrogens with zero attached hydrogens (tertiary/aromatic N) is 1. The molecule has 0 spiro atoms. The van der Waals surface area contributed by atoms with E-state index in [1.807, 2.05) is 0 Å². The lowest BCUT2D eigenvalue weighted by atomic mass is 10.1. The molecule has 0 saturated heterocycles. The third-order valence-electron chi connectivity index (χ3n) is 3.01. The highest BCUT2D eigenvalue weighted by atomic mass is 35.5. The third kappa shape index (κ3) is 3.11. The van der Waals surface area contributed by atoms with Crippen molar-refractivity contribution < 1.29 is 18.0 Å². The zero-order chi connectivity index (χ0) is 16.5. The molecule has 1 aromatic carbocycles. The van der Waals surface area contributed by atoms with Crippen LogP contribution in [0.1, 0.15) is 13.3 Å². The van der Waals surface area contributed by atoms with Crippen LogP contribution in [-0.4, -0.2) is 30.5 Å². The van der Waals surface area contributed by atoms with E-state index >= 15 is 0 Å². The molecule has 0 saturated carbocycles. The number of carbonyl (C=O) groups is 2. The van der Waals surface area contributed by atoms with Gasteiger partial charge in [-0.25, -0.2) is 8.42 Å². The van der Waals surface area contributed by atoms with Crippen molar-refractivity contribution in [2.75, 3.05) is 0 Å². The fourth-order valence-electron chi connectivity index (χ4n) is 2.01. The standard InChI is InChI=1S/C13H12Cl2N2O4S/c1-8(18)7-10-13(19)16-5-6-17(10)22(20,21)11-4-2-3-9(14)12(11)15/h2-6,10H,7H2,1H3,(H,16,19)/t10-/m1/s1. The topological polar surface area (TPSA) is 83.6 Å². The van der Waals surface area contributed by atoms with Gasteiger partial charge in [0.2, 0.25) is 5.91 Å². The molecule has 0 fully saturated rings. The lowest BCUT2D eigenvalue weighted by molar-refractivity contribution is -0.127. The number of hydrogen-bond donors (Lipinski definition) is 1. The molecule has 1 aromatic rings. The number of hydrogen-bond acceptors (Lipinski definition) is 4. The maximum absolute atomic E-state index is 12.7. The zero-order valence-electron chi connectivity index (χ0n) is 11.4. The maximum atomic E-state index is 12.7. The molecule has 1 heterocycles. The second-order valence-corrected chi connectivity index (χ2v) is 7.23. The molecule has 0 unspecified atom stereocenters. The Morgan fingerprint density at radius 3 is 2.68 bits per heavy atom. The Bertz CT molecular complexity index is 761. The van der Waals surface area contributed by atoms with Crippen molar-refractivity contribution in [3.63, 3.8) is 0 Å². The highest BCUT2D eigenvalue weighted by Crippen LogP contribution is 2.32. The molecule has 0 radical (unpaired) electrons. The van der Waals surface area contributed by atoms with Gasteiger partial charge in [0.25, 0.3) is 10.0 Å². The smallest absolute Gasteiger partial charge is 0.266 e. The number of ketones is 1. The van der Waals surface area contributed by atoms with Crippen molar-refractivity contribution in [1.29, 1.82) is 0 Å². The second-order valence-electron chi connectivity index (χ2n) is 4.63. The van der Waals surface area contributed by atoms with E-state index in [-0.39, 0.29) is 27.1 Å². The number of Topliss-reactive ketones (excluding diaryl/α,β-unsaturated/α-hetero) is 1. The molecule has 1 amide bonds. The van der Waals surface area contributed by atoms with Crippen molar-refractivity contribution >= 4 is 44.9 Å². The van der Waals surface area contributed by atoms with Crippen LogP contribution in [-0.2, 0) is 19.6 Å². The van der Waals surface area contributed by atoms with Gasteiger partial charge in [-0.1, -0.05) is 29.3 Å². The first-order valence-corrected chi connectivity index (χ1v) is 8.39. The summed E-state index contributed by atoms with van der Waals surface area (Å²) in [6, 6.07) is 3.01. The van der Waals surface area contributed by atoms with Crippen molar-refractivity contribution in [2.45, 2.75) is 24.3 Å². The average Bonchev–Trinajstić information content (AvgIpc) is 2.43. The Kier molecular flexibility index (Phi) is 4.79. The lowest BCUT2D eigenvalue weighted by Crippen LogP contribution is -2.49. The van der Waals surface area contributed by atoms with Crippen LogP contribution in [0.3, 0.4) is 0 Å². The van der Waals surface area contributed by atoms with Crippen LogP contribution < -0.4 is 5.32 Å². The minimum Gasteiger partial charge on any atom is -0.329 e. The van der Waals surface area contributed by atoms with Crippen molar-refractivity contribution in [2.24, 2.45) is 0 Å². The first-order chi connectivity index (χ1) is 10.2. The number of carbonyl (C=O) groups excluding carboxylic acids is 2. The van der Waals surface area contributed by atoms with Crippen LogP contribution >= 0.6 is 23.2 Å². The fraction of sp³-hybridized carbons (Fsp3) is 0.231. The zero-order valence-corrected chi connectivity index (χ0v) is 13.7. The van der Waals surface area contributed by atoms with Crippen LogP contribution in [0.2, 0.25) is 10.0 Å². The Morgan fingerprint density at radius 1 is 1.36 bits per heavy atom. The van der Waals surface area contributed by atoms with Crippen LogP contribution in [0, 0.1) is 0 Å². The predicted molar refractivity (Wildman–Crippen MR) is 81.9 cm³/mol. The predicted octanol–water partition coefficient (Wildman–Crippen LogP) is 1.93. The summed E-state index contributed by atoms with van der Waals surface area (Å²) in [5, 5.41) is 2.33. The Labute approximate surface area is 137 Å². The average molecular weight is 363 g/mol. The summed E-state index contributed by atoms with van der Waals surface area (Å²) in [4.78, 5) is 23.0. The Balaban J connectivity index is 2.52. The van der Waals surface area contributed by atoms with Gasteiger partial charge < -0.3 is 5.32 Å². The summed E-state index contributed by atoms with van der Waals surface area (Å²) in [5.41, 5.74) is 0. The molecule has 0 aliphatic carbocycles. The van der Waals surface area contributed by atoms with E-state index in [2.05, 4.69) is 5.32 Å². The Morgan fingerprint density at radius 2 is 2.05 bits per heavy atom. The molecule has 1 N–H and O–H groups in total. The number of sulfonamides is 1. The van der Waals surface area contributed by atoms with E-state index in [0.717, 1.165) is 4.31 Å². The summed E-state index contributed by atoms with van der Waals surface area (Å²) in [6.07, 6.45) is 2.13. The number of amides is 1. The largest absolute Gasteiger partial charge is 0.329 e. The minimum absolute atomic E-state index is 0.0799. The van der Waals surface area contributed by atoms with Gasteiger partial charge in [-0.15, -0.1) is 0 Å². The molecule has 1 aliphatic heterocycles. The quantitative estimate of drug-likeness (QED) is 0.886. The first kappa shape index (κ1) is 16.8. The molecule has 1 aliphatic rings. The van der Waals surface area contributed by atoms with Gasteiger partial charge in [-0.3, -0.25) is 13.9 Å². The van der Waals surface area contributed by atoms with Crippen LogP contribution in [0.25, 0.3) is 0 Å². The molecule has 1 atom stereocenters. The van der Waals surface area contributed by atoms with E-state index in [1.165, 1.54) is 37.5 Å². The fourth-order valence-corrected chi connectivity index (χ4v) is 4.20. The Hall–Kier alpha value is -1.57. The highest BCUT2D eigenvalue weighted by Gasteiger charge is 2.37. The molecular formula is C13H12Cl2N2O4S. The number of halogens is 2. The van der Waals surface area contributed by atoms with Gasteiger partial charge in [-0.05, 0) is 19.1 Å². The summed E-state index contributed by atoms with van der Waals surface area (Å²) in [6.45, 7) is 1.28. The van der Waals surface area contributed by atoms with Gasteiger partial charge in [0.05, 0.1) is 10.0 Å². The van der Waals surface area contributed by atoms with Crippen molar-refractivity contribution in [3.05, 3.63) is 40.6 Å². The van der Waals surface area contributed by atoms with Crippen molar-refractivity contribution in [1.82, 2.24) is 9.62 Å². The van der Waals surface area contributed by atoms with E-state index in [0.29, 0.717) is 0 Å². The number of benzene rings is 1. The second kappa shape index (κ2) is 6.28. The monoisotopic (exact) mass is 362 g/mol. The van der Waals surface area contributed by atoms with Crippen LogP contribution in [0.15, 0.2) is 35.5 Å². The summed E-state index contributed by atoms with van der Waals surface area (Å²) < 4.78 is 26.3. The first-order valence-electron chi connectivity index (χ1n) is 6.19. The van der Waals surface area contributed by atoms with E-state index in [1.54, 1.807) is 0 Å². The molecule has 9 heteroatoms. The molecule has 118 valence electrons. The summed E-state index contributed by atoms with van der Waals surface area (Å²) in [5.74, 6) is -0.896. The van der Waals surface area contributed by atoms with E-state index in [4.69, 9.17) is 23.2 Å². The van der Waals surface area contributed by atoms with E-state index in [9.17, 15) is 18.0 Å². The maximum Gasteiger partial charge on any atom is 0.266 e. The van der Waals surface area contributed by atoms with Gasteiger partial charge in [0.1, 0.15) is 16.7 Å². The summed E-state index contributed by atoms with van der Waals surface area (Å²) >= 11 is 11.8. The molecule has 0 bridgehead atoms. The molecule has 6 nitrogen and oxygen atoms in total. The third-order valence-corrected chi connectivity index (χ3v) is 5.77. The number of rotatable bonds is 4. The normalized spacial score (nSPS) is 18.2. The molecule has 22 heavy (non-hydrogen) atoms. The van der Waals surface area contributed by atoms with Gasteiger partial charge in [-0.2, -0.15) is 0 Å². The number of nitrogens with one attached hydrogen (secondary N) is 1. The van der Waals surface area contributed by atoms with Crippen LogP contribution in [0.5, 0.6) is 0 Å². The van der Waals surface area contributed by atoms with Gasteiger partial charge >= 0.3 is 0 Å².